The summed E-state index contributed by atoms with van der Waals surface area (Å²) < 4.78 is 13.6. The Hall–Kier alpha value is -3.01. The maximum atomic E-state index is 13.6. The number of aromatic nitrogens is 2. The first-order valence-electron chi connectivity index (χ1n) is 7.61. The molecule has 6 nitrogen and oxygen atoms in total. The topological polar surface area (TPSA) is 81.9 Å². The maximum absolute atomic E-state index is 13.6. The highest BCUT2D eigenvalue weighted by atomic mass is 19.1. The summed E-state index contributed by atoms with van der Waals surface area (Å²) >= 11 is 0. The summed E-state index contributed by atoms with van der Waals surface area (Å²) in [5.74, 6) is 0.172. The third-order valence-electron chi connectivity index (χ3n) is 4.08. The Morgan fingerprint density at radius 2 is 2.21 bits per heavy atom. The van der Waals surface area contributed by atoms with Crippen molar-refractivity contribution in [3.8, 4) is 6.07 Å². The highest BCUT2D eigenvalue weighted by molar-refractivity contribution is 5.73. The van der Waals surface area contributed by atoms with Crippen LogP contribution in [0.2, 0.25) is 0 Å². The Morgan fingerprint density at radius 3 is 2.88 bits per heavy atom. The quantitative estimate of drug-likeness (QED) is 0.917. The fourth-order valence-electron chi connectivity index (χ4n) is 2.84. The predicted octanol–water partition coefficient (Wildman–Crippen LogP) is 2.39. The van der Waals surface area contributed by atoms with E-state index in [1.165, 1.54) is 19.1 Å². The van der Waals surface area contributed by atoms with E-state index in [0.717, 1.165) is 11.1 Å². The van der Waals surface area contributed by atoms with E-state index in [2.05, 4.69) is 15.5 Å². The molecule has 1 aliphatic rings. The summed E-state index contributed by atoms with van der Waals surface area (Å²) in [5, 5.41) is 19.8. The molecule has 2 aromatic rings. The lowest BCUT2D eigenvalue weighted by atomic mass is 9.99. The van der Waals surface area contributed by atoms with E-state index in [4.69, 9.17) is 5.26 Å². The number of halogens is 1. The largest absolute Gasteiger partial charge is 0.362 e. The van der Waals surface area contributed by atoms with Gasteiger partial charge < -0.3 is 10.2 Å². The standard InChI is InChI=1S/C17H16FN5O/c1-11(24)23-7-6-16(15-4-2-13(18)8-12(15)10-23)20-17-5-3-14(9-19)21-22-17/h2-5,8,16H,6-7,10H2,1H3,(H,20,22). The summed E-state index contributed by atoms with van der Waals surface area (Å²) in [4.78, 5) is 13.4. The van der Waals surface area contributed by atoms with E-state index in [-0.39, 0.29) is 23.5 Å². The zero-order valence-electron chi connectivity index (χ0n) is 13.2. The summed E-state index contributed by atoms with van der Waals surface area (Å²) in [6.45, 7) is 2.46. The van der Waals surface area contributed by atoms with Gasteiger partial charge >= 0.3 is 0 Å². The molecule has 0 saturated carbocycles. The van der Waals surface area contributed by atoms with Gasteiger partial charge in [-0.25, -0.2) is 4.39 Å². The fraction of sp³-hybridized carbons (Fsp3) is 0.294. The fourth-order valence-corrected chi connectivity index (χ4v) is 2.84. The van der Waals surface area contributed by atoms with Gasteiger partial charge in [-0.05, 0) is 41.8 Å². The van der Waals surface area contributed by atoms with Crippen molar-refractivity contribution in [2.24, 2.45) is 0 Å². The molecule has 0 spiro atoms. The summed E-state index contributed by atoms with van der Waals surface area (Å²) in [5.41, 5.74) is 1.96. The van der Waals surface area contributed by atoms with Crippen molar-refractivity contribution in [3.05, 3.63) is 53.0 Å². The van der Waals surface area contributed by atoms with Crippen molar-refractivity contribution in [3.63, 3.8) is 0 Å². The second kappa shape index (κ2) is 6.62. The van der Waals surface area contributed by atoms with Crippen LogP contribution in [0.25, 0.3) is 0 Å². The number of rotatable bonds is 2. The molecular formula is C17H16FN5O. The Balaban J connectivity index is 1.90. The first-order chi connectivity index (χ1) is 11.6. The van der Waals surface area contributed by atoms with Crippen molar-refractivity contribution in [1.82, 2.24) is 15.1 Å². The van der Waals surface area contributed by atoms with Crippen LogP contribution in [0.1, 0.15) is 36.2 Å². The van der Waals surface area contributed by atoms with E-state index < -0.39 is 0 Å². The zero-order chi connectivity index (χ0) is 17.1. The Bertz CT molecular complexity index is 800. The van der Waals surface area contributed by atoms with E-state index in [1.54, 1.807) is 23.1 Å². The van der Waals surface area contributed by atoms with Crippen LogP contribution in [0.4, 0.5) is 10.2 Å². The van der Waals surface area contributed by atoms with Crippen LogP contribution in [0.3, 0.4) is 0 Å². The maximum Gasteiger partial charge on any atom is 0.219 e. The van der Waals surface area contributed by atoms with Gasteiger partial charge in [-0.15, -0.1) is 10.2 Å². The van der Waals surface area contributed by atoms with E-state index >= 15 is 0 Å². The number of carbonyl (C=O) groups excluding carboxylic acids is 1. The lowest BCUT2D eigenvalue weighted by molar-refractivity contribution is -0.129. The van der Waals surface area contributed by atoms with Gasteiger partial charge in [0, 0.05) is 20.0 Å². The van der Waals surface area contributed by atoms with Crippen molar-refractivity contribution in [1.29, 1.82) is 5.26 Å². The molecule has 1 aliphatic heterocycles. The van der Waals surface area contributed by atoms with Crippen LogP contribution in [-0.2, 0) is 11.3 Å². The summed E-state index contributed by atoms with van der Waals surface area (Å²) in [6, 6.07) is 9.69. The molecule has 1 unspecified atom stereocenters. The SMILES string of the molecule is CC(=O)N1CCC(Nc2ccc(C#N)nn2)c2ccc(F)cc2C1. The van der Waals surface area contributed by atoms with Crippen LogP contribution in [0.5, 0.6) is 0 Å². The number of carbonyl (C=O) groups is 1. The van der Waals surface area contributed by atoms with Crippen LogP contribution < -0.4 is 5.32 Å². The van der Waals surface area contributed by atoms with Gasteiger partial charge in [0.15, 0.2) is 5.69 Å². The zero-order valence-corrected chi connectivity index (χ0v) is 13.2. The lowest BCUT2D eigenvalue weighted by Crippen LogP contribution is -2.28. The van der Waals surface area contributed by atoms with Gasteiger partial charge in [0.1, 0.15) is 17.7 Å². The number of anilines is 1. The number of hydrogen-bond acceptors (Lipinski definition) is 5. The van der Waals surface area contributed by atoms with E-state index in [0.29, 0.717) is 25.3 Å². The molecule has 7 heteroatoms. The normalized spacial score (nSPS) is 16.7. The van der Waals surface area contributed by atoms with Gasteiger partial charge in [0.25, 0.3) is 0 Å². The van der Waals surface area contributed by atoms with Crippen LogP contribution in [0, 0.1) is 17.1 Å². The molecule has 3 rings (SSSR count). The predicted molar refractivity (Wildman–Crippen MR) is 85.2 cm³/mol. The molecule has 0 fully saturated rings. The average molecular weight is 325 g/mol. The van der Waals surface area contributed by atoms with E-state index in [9.17, 15) is 9.18 Å². The van der Waals surface area contributed by atoms with Gasteiger partial charge in [-0.1, -0.05) is 6.07 Å². The number of fused-ring (bicyclic) bond motifs is 1. The molecule has 0 bridgehead atoms. The third-order valence-corrected chi connectivity index (χ3v) is 4.08. The third kappa shape index (κ3) is 3.33. The molecule has 1 N–H and O–H groups in total. The molecule has 1 atom stereocenters. The number of hydrogen-bond donors (Lipinski definition) is 1. The second-order valence-corrected chi connectivity index (χ2v) is 5.68. The van der Waals surface area contributed by atoms with Crippen molar-refractivity contribution >= 4 is 11.7 Å². The van der Waals surface area contributed by atoms with Crippen LogP contribution >= 0.6 is 0 Å². The Morgan fingerprint density at radius 1 is 1.38 bits per heavy atom. The second-order valence-electron chi connectivity index (χ2n) is 5.68. The molecule has 0 radical (unpaired) electrons. The highest BCUT2D eigenvalue weighted by Gasteiger charge is 2.24. The Labute approximate surface area is 138 Å². The van der Waals surface area contributed by atoms with Crippen LogP contribution in [-0.4, -0.2) is 27.5 Å². The van der Waals surface area contributed by atoms with Gasteiger partial charge in [0.05, 0.1) is 6.04 Å². The van der Waals surface area contributed by atoms with Gasteiger partial charge in [-0.3, -0.25) is 4.79 Å². The molecule has 0 aliphatic carbocycles. The summed E-state index contributed by atoms with van der Waals surface area (Å²) in [7, 11) is 0. The monoisotopic (exact) mass is 325 g/mol. The van der Waals surface area contributed by atoms with Crippen molar-refractivity contribution in [2.45, 2.75) is 25.9 Å². The molecule has 2 heterocycles. The molecule has 1 aromatic carbocycles. The van der Waals surface area contributed by atoms with Crippen LogP contribution in [0.15, 0.2) is 30.3 Å². The first-order valence-corrected chi connectivity index (χ1v) is 7.61. The van der Waals surface area contributed by atoms with Gasteiger partial charge in [-0.2, -0.15) is 5.26 Å². The number of nitriles is 1. The molecule has 1 amide bonds. The minimum Gasteiger partial charge on any atom is -0.362 e. The molecule has 122 valence electrons. The number of amides is 1. The van der Waals surface area contributed by atoms with Crippen molar-refractivity contribution < 1.29 is 9.18 Å². The number of nitrogens with one attached hydrogen (secondary N) is 1. The van der Waals surface area contributed by atoms with E-state index in [1.807, 2.05) is 6.07 Å². The molecule has 0 saturated heterocycles. The first kappa shape index (κ1) is 15.9. The number of benzene rings is 1. The molecular weight excluding hydrogens is 309 g/mol. The highest BCUT2D eigenvalue weighted by Crippen LogP contribution is 2.30. The molecule has 24 heavy (non-hydrogen) atoms. The van der Waals surface area contributed by atoms with Crippen molar-refractivity contribution in [2.75, 3.05) is 11.9 Å². The summed E-state index contributed by atoms with van der Waals surface area (Å²) in [6.07, 6.45) is 0.667. The number of nitrogens with zero attached hydrogens (tertiary/aromatic N) is 4. The minimum atomic E-state index is -0.323. The lowest BCUT2D eigenvalue weighted by Gasteiger charge is -2.19. The average Bonchev–Trinajstić information content (AvgIpc) is 2.75. The minimum absolute atomic E-state index is 0.0379. The Kier molecular flexibility index (Phi) is 4.38. The smallest absolute Gasteiger partial charge is 0.219 e. The molecule has 1 aromatic heterocycles. The van der Waals surface area contributed by atoms with Gasteiger partial charge in [0.2, 0.25) is 5.91 Å².